The molecule has 32 heavy (non-hydrogen) atoms. The first kappa shape index (κ1) is 21.1. The summed E-state index contributed by atoms with van der Waals surface area (Å²) in [4.78, 5) is 12.5. The highest BCUT2D eigenvalue weighted by molar-refractivity contribution is 5.83. The predicted molar refractivity (Wildman–Crippen MR) is 127 cm³/mol. The first-order valence-corrected chi connectivity index (χ1v) is 10.4. The van der Waals surface area contributed by atoms with Crippen LogP contribution in [0.3, 0.4) is 0 Å². The van der Waals surface area contributed by atoms with Gasteiger partial charge in [0.05, 0.1) is 6.26 Å². The van der Waals surface area contributed by atoms with E-state index in [4.69, 9.17) is 9.84 Å². The van der Waals surface area contributed by atoms with Crippen molar-refractivity contribution in [1.82, 2.24) is 9.78 Å². The number of aromatic nitrogens is 2. The zero-order valence-electron chi connectivity index (χ0n) is 17.8. The van der Waals surface area contributed by atoms with Crippen LogP contribution >= 0.6 is 0 Å². The van der Waals surface area contributed by atoms with Crippen LogP contribution in [-0.4, -0.2) is 14.9 Å². The summed E-state index contributed by atoms with van der Waals surface area (Å²) in [5, 5.41) is 13.4. The second-order valence-corrected chi connectivity index (χ2v) is 7.40. The molecule has 5 heteroatoms. The molecule has 0 aliphatic rings. The monoisotopic (exact) mass is 424 g/mol. The highest BCUT2D eigenvalue weighted by atomic mass is 16.5. The Balaban J connectivity index is 1.77. The van der Waals surface area contributed by atoms with Crippen molar-refractivity contribution >= 4 is 0 Å². The molecule has 1 aromatic heterocycles. The highest BCUT2D eigenvalue weighted by Crippen LogP contribution is 2.37. The molecule has 0 unspecified atom stereocenters. The minimum atomic E-state index is -0.178. The van der Waals surface area contributed by atoms with Crippen molar-refractivity contribution in [2.24, 2.45) is 7.05 Å². The number of aliphatic hydroxyl groups is 1. The standard InChI is InChI=1S/C27H24N2O3/c1-29-26(31)19-24(21-16-14-20(15-17-21)9-7-8-18-30)27(28-29)23-12-5-6-13-25(23)32-22-10-3-2-4-11-22/h2-6,8,10-19,30H,7,9H2,1H3. The number of hydrogen-bond donors (Lipinski definition) is 1. The first-order valence-electron chi connectivity index (χ1n) is 10.4. The summed E-state index contributed by atoms with van der Waals surface area (Å²) in [7, 11) is 1.65. The van der Waals surface area contributed by atoms with Crippen LogP contribution in [0.15, 0.2) is 102 Å². The third-order valence-corrected chi connectivity index (χ3v) is 5.18. The van der Waals surface area contributed by atoms with Crippen molar-refractivity contribution in [3.8, 4) is 33.9 Å². The molecule has 4 rings (SSSR count). The van der Waals surface area contributed by atoms with E-state index in [0.717, 1.165) is 47.1 Å². The average molecular weight is 425 g/mol. The fourth-order valence-electron chi connectivity index (χ4n) is 3.50. The molecule has 1 N–H and O–H groups in total. The summed E-state index contributed by atoms with van der Waals surface area (Å²) >= 11 is 0. The van der Waals surface area contributed by atoms with Gasteiger partial charge in [0.25, 0.3) is 5.56 Å². The first-order chi connectivity index (χ1) is 15.7. The summed E-state index contributed by atoms with van der Waals surface area (Å²) < 4.78 is 7.49. The van der Waals surface area contributed by atoms with Gasteiger partial charge in [0, 0.05) is 24.2 Å². The molecule has 0 bridgehead atoms. The van der Waals surface area contributed by atoms with Crippen molar-refractivity contribution in [3.63, 3.8) is 0 Å². The molecule has 1 heterocycles. The maximum atomic E-state index is 12.5. The van der Waals surface area contributed by atoms with Gasteiger partial charge in [-0.2, -0.15) is 5.10 Å². The second-order valence-electron chi connectivity index (χ2n) is 7.40. The Bertz CT molecular complexity index is 1280. The van der Waals surface area contributed by atoms with Gasteiger partial charge in [-0.15, -0.1) is 0 Å². The van der Waals surface area contributed by atoms with Gasteiger partial charge in [-0.1, -0.05) is 54.6 Å². The summed E-state index contributed by atoms with van der Waals surface area (Å²) in [6.07, 6.45) is 4.38. The fourth-order valence-corrected chi connectivity index (χ4v) is 3.50. The number of aryl methyl sites for hydroxylation is 2. The molecule has 0 fully saturated rings. The van der Waals surface area contributed by atoms with E-state index in [1.807, 2.05) is 78.9 Å². The molecule has 0 aliphatic heterocycles. The number of nitrogens with zero attached hydrogens (tertiary/aromatic N) is 2. The van der Waals surface area contributed by atoms with Crippen molar-refractivity contribution in [2.45, 2.75) is 12.8 Å². The molecule has 0 saturated carbocycles. The van der Waals surface area contributed by atoms with Crippen molar-refractivity contribution in [2.75, 3.05) is 0 Å². The molecular formula is C27H24N2O3. The molecule has 160 valence electrons. The van der Waals surface area contributed by atoms with Gasteiger partial charge in [-0.3, -0.25) is 4.79 Å². The Labute approximate surface area is 186 Å². The van der Waals surface area contributed by atoms with E-state index < -0.39 is 0 Å². The van der Waals surface area contributed by atoms with E-state index in [1.165, 1.54) is 4.68 Å². The van der Waals surface area contributed by atoms with Gasteiger partial charge in [0.15, 0.2) is 0 Å². The summed E-state index contributed by atoms with van der Waals surface area (Å²) in [6, 6.07) is 27.0. The van der Waals surface area contributed by atoms with Gasteiger partial charge in [-0.05, 0) is 54.3 Å². The third kappa shape index (κ3) is 4.78. The van der Waals surface area contributed by atoms with Crippen LogP contribution in [-0.2, 0) is 13.5 Å². The fraction of sp³-hybridized carbons (Fsp3) is 0.111. The average Bonchev–Trinajstić information content (AvgIpc) is 2.82. The van der Waals surface area contributed by atoms with E-state index in [2.05, 4.69) is 5.10 Å². The SMILES string of the molecule is Cn1nc(-c2ccccc2Oc2ccccc2)c(-c2ccc(CCC=CO)cc2)cc1=O. The summed E-state index contributed by atoms with van der Waals surface area (Å²) in [5.74, 6) is 1.39. The third-order valence-electron chi connectivity index (χ3n) is 5.18. The van der Waals surface area contributed by atoms with E-state index in [0.29, 0.717) is 11.4 Å². The van der Waals surface area contributed by atoms with Crippen LogP contribution in [0.2, 0.25) is 0 Å². The lowest BCUT2D eigenvalue weighted by molar-refractivity contribution is 0.470. The molecule has 0 radical (unpaired) electrons. The topological polar surface area (TPSA) is 64.3 Å². The largest absolute Gasteiger partial charge is 0.516 e. The van der Waals surface area contributed by atoms with Gasteiger partial charge in [0.1, 0.15) is 17.2 Å². The van der Waals surface area contributed by atoms with Gasteiger partial charge < -0.3 is 9.84 Å². The molecule has 0 spiro atoms. The Kier molecular flexibility index (Phi) is 6.46. The van der Waals surface area contributed by atoms with E-state index >= 15 is 0 Å². The number of aliphatic hydroxyl groups excluding tert-OH is 1. The van der Waals surface area contributed by atoms with Crippen LogP contribution in [0.25, 0.3) is 22.4 Å². The number of benzene rings is 3. The minimum absolute atomic E-state index is 0.178. The highest BCUT2D eigenvalue weighted by Gasteiger charge is 2.16. The molecule has 0 atom stereocenters. The Hall–Kier alpha value is -4.12. The number of ether oxygens (including phenoxy) is 1. The van der Waals surface area contributed by atoms with Gasteiger partial charge in [0.2, 0.25) is 0 Å². The predicted octanol–water partition coefficient (Wildman–Crippen LogP) is 5.91. The van der Waals surface area contributed by atoms with E-state index in [9.17, 15) is 4.79 Å². The summed E-state index contributed by atoms with van der Waals surface area (Å²) in [6.45, 7) is 0. The maximum Gasteiger partial charge on any atom is 0.267 e. The van der Waals surface area contributed by atoms with Crippen LogP contribution in [0.5, 0.6) is 11.5 Å². The Morgan fingerprint density at radius 2 is 1.66 bits per heavy atom. The smallest absolute Gasteiger partial charge is 0.267 e. The molecule has 0 aliphatic carbocycles. The van der Waals surface area contributed by atoms with Gasteiger partial charge in [-0.25, -0.2) is 4.68 Å². The zero-order valence-corrected chi connectivity index (χ0v) is 17.8. The Morgan fingerprint density at radius 1 is 0.938 bits per heavy atom. The van der Waals surface area contributed by atoms with E-state index in [-0.39, 0.29) is 5.56 Å². The molecule has 0 saturated heterocycles. The van der Waals surface area contributed by atoms with Crippen LogP contribution in [0, 0.1) is 0 Å². The van der Waals surface area contributed by atoms with Crippen molar-refractivity contribution in [1.29, 1.82) is 0 Å². The van der Waals surface area contributed by atoms with Gasteiger partial charge >= 0.3 is 0 Å². The van der Waals surface area contributed by atoms with Crippen molar-refractivity contribution < 1.29 is 9.84 Å². The second kappa shape index (κ2) is 9.79. The maximum absolute atomic E-state index is 12.5. The normalized spacial score (nSPS) is 11.0. The summed E-state index contributed by atoms with van der Waals surface area (Å²) in [5.41, 5.74) is 4.11. The van der Waals surface area contributed by atoms with Crippen LogP contribution < -0.4 is 10.3 Å². The molecule has 5 nitrogen and oxygen atoms in total. The number of rotatable bonds is 7. The van der Waals surface area contributed by atoms with Crippen molar-refractivity contribution in [3.05, 3.63) is 113 Å². The lowest BCUT2D eigenvalue weighted by atomic mass is 9.97. The zero-order chi connectivity index (χ0) is 22.3. The lowest BCUT2D eigenvalue weighted by Gasteiger charge is -2.15. The molecule has 4 aromatic rings. The minimum Gasteiger partial charge on any atom is -0.516 e. The molecule has 3 aromatic carbocycles. The van der Waals surface area contributed by atoms with Crippen LogP contribution in [0.4, 0.5) is 0 Å². The van der Waals surface area contributed by atoms with E-state index in [1.54, 1.807) is 19.2 Å². The number of para-hydroxylation sites is 2. The number of hydrogen-bond acceptors (Lipinski definition) is 4. The number of allylic oxidation sites excluding steroid dienone is 1. The molecule has 0 amide bonds. The lowest BCUT2D eigenvalue weighted by Crippen LogP contribution is -2.19. The Morgan fingerprint density at radius 3 is 2.41 bits per heavy atom. The molecular weight excluding hydrogens is 400 g/mol. The quantitative estimate of drug-likeness (QED) is 0.375. The van der Waals surface area contributed by atoms with Crippen LogP contribution in [0.1, 0.15) is 12.0 Å².